The monoisotopic (exact) mass is 320 g/mol. The molecule has 0 bridgehead atoms. The van der Waals surface area contributed by atoms with Crippen LogP contribution in [0.25, 0.3) is 22.2 Å². The van der Waals surface area contributed by atoms with E-state index in [4.69, 9.17) is 4.52 Å². The van der Waals surface area contributed by atoms with Gasteiger partial charge in [0.15, 0.2) is 5.76 Å². The summed E-state index contributed by atoms with van der Waals surface area (Å²) >= 11 is 0. The van der Waals surface area contributed by atoms with Crippen LogP contribution in [0.15, 0.2) is 65.4 Å². The van der Waals surface area contributed by atoms with Gasteiger partial charge in [0.2, 0.25) is 0 Å². The average Bonchev–Trinajstić information content (AvgIpc) is 3.10. The highest BCUT2D eigenvalue weighted by Crippen LogP contribution is 2.23. The Morgan fingerprint density at radius 2 is 1.88 bits per heavy atom. The van der Waals surface area contributed by atoms with Crippen LogP contribution in [0.1, 0.15) is 5.69 Å². The molecule has 0 saturated heterocycles. The molecule has 6 heteroatoms. The molecule has 2 aromatic carbocycles. The van der Waals surface area contributed by atoms with E-state index in [0.717, 1.165) is 11.3 Å². The first-order valence-corrected chi connectivity index (χ1v) is 7.45. The smallest absolute Gasteiger partial charge is 0.167 e. The molecule has 0 radical (unpaired) electrons. The van der Waals surface area contributed by atoms with Crippen LogP contribution < -0.4 is 5.32 Å². The summed E-state index contributed by atoms with van der Waals surface area (Å²) in [4.78, 5) is 8.16. The van der Waals surface area contributed by atoms with Gasteiger partial charge in [-0.25, -0.2) is 14.4 Å². The Balaban J connectivity index is 1.56. The normalized spacial score (nSPS) is 10.9. The van der Waals surface area contributed by atoms with Crippen LogP contribution in [-0.2, 0) is 6.54 Å². The fourth-order valence-corrected chi connectivity index (χ4v) is 2.50. The Morgan fingerprint density at radius 1 is 1.00 bits per heavy atom. The van der Waals surface area contributed by atoms with E-state index in [9.17, 15) is 4.39 Å². The Labute approximate surface area is 137 Å². The minimum Gasteiger partial charge on any atom is -0.364 e. The van der Waals surface area contributed by atoms with Gasteiger partial charge in [0.25, 0.3) is 0 Å². The number of anilines is 1. The Hall–Kier alpha value is -3.28. The quantitative estimate of drug-likeness (QED) is 0.615. The maximum atomic E-state index is 13.8. The van der Waals surface area contributed by atoms with Gasteiger partial charge in [0.05, 0.1) is 6.54 Å². The van der Waals surface area contributed by atoms with Crippen molar-refractivity contribution in [2.75, 3.05) is 5.32 Å². The maximum absolute atomic E-state index is 13.8. The van der Waals surface area contributed by atoms with Gasteiger partial charge in [-0.3, -0.25) is 0 Å². The number of nitrogens with one attached hydrogen (secondary N) is 1. The van der Waals surface area contributed by atoms with Crippen LogP contribution >= 0.6 is 0 Å². The van der Waals surface area contributed by atoms with Crippen molar-refractivity contribution in [3.63, 3.8) is 0 Å². The predicted octanol–water partition coefficient (Wildman–Crippen LogP) is 4.04. The third-order valence-corrected chi connectivity index (χ3v) is 3.67. The summed E-state index contributed by atoms with van der Waals surface area (Å²) in [5.41, 5.74) is 1.99. The summed E-state index contributed by atoms with van der Waals surface area (Å²) in [5.74, 6) is 0.889. The fourth-order valence-electron chi connectivity index (χ4n) is 2.50. The average molecular weight is 320 g/mol. The molecule has 0 spiro atoms. The van der Waals surface area contributed by atoms with Crippen molar-refractivity contribution >= 4 is 16.7 Å². The predicted molar refractivity (Wildman–Crippen MR) is 88.8 cm³/mol. The lowest BCUT2D eigenvalue weighted by Crippen LogP contribution is -2.03. The molecular formula is C18H13FN4O. The maximum Gasteiger partial charge on any atom is 0.167 e. The number of rotatable bonds is 4. The SMILES string of the molecule is Fc1cccc2c(NCc3cc(-c4ccccc4)on3)ncnc12. The first-order chi connectivity index (χ1) is 11.8. The van der Waals surface area contributed by atoms with Gasteiger partial charge in [-0.05, 0) is 12.1 Å². The number of para-hydroxylation sites is 1. The summed E-state index contributed by atoms with van der Waals surface area (Å²) < 4.78 is 19.1. The molecule has 0 unspecified atom stereocenters. The molecule has 0 aliphatic carbocycles. The van der Waals surface area contributed by atoms with Crippen LogP contribution in [0, 0.1) is 5.82 Å². The second kappa shape index (κ2) is 6.08. The van der Waals surface area contributed by atoms with E-state index in [2.05, 4.69) is 20.4 Å². The fraction of sp³-hybridized carbons (Fsp3) is 0.0556. The summed E-state index contributed by atoms with van der Waals surface area (Å²) in [6.45, 7) is 0.416. The van der Waals surface area contributed by atoms with Gasteiger partial charge in [0.1, 0.15) is 29.2 Å². The summed E-state index contributed by atoms with van der Waals surface area (Å²) in [5, 5.41) is 7.83. The van der Waals surface area contributed by atoms with Gasteiger partial charge < -0.3 is 9.84 Å². The Bertz CT molecular complexity index is 985. The second-order valence-electron chi connectivity index (χ2n) is 5.26. The first kappa shape index (κ1) is 14.3. The zero-order valence-corrected chi connectivity index (χ0v) is 12.6. The molecule has 4 aromatic rings. The molecule has 118 valence electrons. The van der Waals surface area contributed by atoms with E-state index in [1.165, 1.54) is 12.4 Å². The van der Waals surface area contributed by atoms with E-state index in [0.29, 0.717) is 29.0 Å². The number of hydrogen-bond acceptors (Lipinski definition) is 5. The molecule has 0 atom stereocenters. The lowest BCUT2D eigenvalue weighted by atomic mass is 10.1. The first-order valence-electron chi connectivity index (χ1n) is 7.45. The number of hydrogen-bond donors (Lipinski definition) is 1. The highest BCUT2D eigenvalue weighted by molar-refractivity contribution is 5.89. The van der Waals surface area contributed by atoms with Crippen LogP contribution in [-0.4, -0.2) is 15.1 Å². The molecule has 2 heterocycles. The summed E-state index contributed by atoms with van der Waals surface area (Å²) in [6, 6.07) is 16.4. The minimum atomic E-state index is -0.370. The number of halogens is 1. The number of nitrogens with zero attached hydrogens (tertiary/aromatic N) is 3. The highest BCUT2D eigenvalue weighted by atomic mass is 19.1. The van der Waals surface area contributed by atoms with Gasteiger partial charge >= 0.3 is 0 Å². The van der Waals surface area contributed by atoms with Gasteiger partial charge in [-0.1, -0.05) is 41.6 Å². The largest absolute Gasteiger partial charge is 0.364 e. The minimum absolute atomic E-state index is 0.292. The zero-order valence-electron chi connectivity index (χ0n) is 12.6. The lowest BCUT2D eigenvalue weighted by molar-refractivity contribution is 0.424. The van der Waals surface area contributed by atoms with Gasteiger partial charge in [-0.2, -0.15) is 0 Å². The van der Waals surface area contributed by atoms with Gasteiger partial charge in [-0.15, -0.1) is 0 Å². The Morgan fingerprint density at radius 3 is 2.75 bits per heavy atom. The van der Waals surface area contributed by atoms with Crippen molar-refractivity contribution in [2.45, 2.75) is 6.54 Å². The van der Waals surface area contributed by atoms with E-state index in [-0.39, 0.29) is 5.82 Å². The molecule has 0 aliphatic heterocycles. The molecule has 0 fully saturated rings. The van der Waals surface area contributed by atoms with Crippen LogP contribution in [0.3, 0.4) is 0 Å². The van der Waals surface area contributed by atoms with Crippen molar-refractivity contribution in [1.82, 2.24) is 15.1 Å². The van der Waals surface area contributed by atoms with Crippen molar-refractivity contribution in [3.05, 3.63) is 72.4 Å². The molecule has 5 nitrogen and oxygen atoms in total. The third kappa shape index (κ3) is 2.69. The summed E-state index contributed by atoms with van der Waals surface area (Å²) in [7, 11) is 0. The van der Waals surface area contributed by atoms with Crippen molar-refractivity contribution in [1.29, 1.82) is 0 Å². The van der Waals surface area contributed by atoms with E-state index >= 15 is 0 Å². The van der Waals surface area contributed by atoms with E-state index < -0.39 is 0 Å². The van der Waals surface area contributed by atoms with Crippen LogP contribution in [0.4, 0.5) is 10.2 Å². The van der Waals surface area contributed by atoms with E-state index in [1.807, 2.05) is 36.4 Å². The molecule has 24 heavy (non-hydrogen) atoms. The van der Waals surface area contributed by atoms with E-state index in [1.54, 1.807) is 12.1 Å². The molecule has 1 N–H and O–H groups in total. The number of fused-ring (bicyclic) bond motifs is 1. The molecule has 2 aromatic heterocycles. The van der Waals surface area contributed by atoms with Crippen LogP contribution in [0.5, 0.6) is 0 Å². The standard InChI is InChI=1S/C18H13FN4O/c19-15-8-4-7-14-17(15)21-11-22-18(14)20-10-13-9-16(24-23-13)12-5-2-1-3-6-12/h1-9,11H,10H2,(H,20,21,22). The molecule has 4 rings (SSSR count). The van der Waals surface area contributed by atoms with Crippen LogP contribution in [0.2, 0.25) is 0 Å². The number of benzene rings is 2. The topological polar surface area (TPSA) is 63.8 Å². The molecular weight excluding hydrogens is 307 g/mol. The highest BCUT2D eigenvalue weighted by Gasteiger charge is 2.09. The van der Waals surface area contributed by atoms with Crippen molar-refractivity contribution < 1.29 is 8.91 Å². The summed E-state index contributed by atoms with van der Waals surface area (Å²) in [6.07, 6.45) is 1.34. The molecule has 0 aliphatic rings. The second-order valence-corrected chi connectivity index (χ2v) is 5.26. The van der Waals surface area contributed by atoms with Crippen molar-refractivity contribution in [2.24, 2.45) is 0 Å². The number of aromatic nitrogens is 3. The van der Waals surface area contributed by atoms with Crippen molar-refractivity contribution in [3.8, 4) is 11.3 Å². The zero-order chi connectivity index (χ0) is 16.4. The third-order valence-electron chi connectivity index (χ3n) is 3.67. The Kier molecular flexibility index (Phi) is 3.63. The molecule has 0 amide bonds. The lowest BCUT2D eigenvalue weighted by Gasteiger charge is -2.06. The van der Waals surface area contributed by atoms with Gasteiger partial charge in [0, 0.05) is 17.0 Å². The molecule has 0 saturated carbocycles.